The zero-order chi connectivity index (χ0) is 15.0. The summed E-state index contributed by atoms with van der Waals surface area (Å²) in [5.41, 5.74) is 2.97. The number of anilines is 1. The van der Waals surface area contributed by atoms with Crippen molar-refractivity contribution in [3.05, 3.63) is 16.7 Å². The van der Waals surface area contributed by atoms with Crippen molar-refractivity contribution in [3.63, 3.8) is 0 Å². The second-order valence-corrected chi connectivity index (χ2v) is 7.19. The Morgan fingerprint density at radius 1 is 1.29 bits per heavy atom. The SMILES string of the molecule is CSc1[nH+]c(N2CCCC2)c2c(c1C#N)CC(C)(C)OC2. The number of hydrogen-bond acceptors (Lipinski definition) is 4. The smallest absolute Gasteiger partial charge is 0.281 e. The van der Waals surface area contributed by atoms with E-state index in [2.05, 4.69) is 29.8 Å². The first-order valence-electron chi connectivity index (χ1n) is 7.50. The lowest BCUT2D eigenvalue weighted by Gasteiger charge is -2.33. The lowest BCUT2D eigenvalue weighted by atomic mass is 9.89. The number of hydrogen-bond donors (Lipinski definition) is 0. The van der Waals surface area contributed by atoms with Gasteiger partial charge in [0.1, 0.15) is 11.6 Å². The van der Waals surface area contributed by atoms with Gasteiger partial charge in [0.05, 0.1) is 30.9 Å². The lowest BCUT2D eigenvalue weighted by molar-refractivity contribution is -0.414. The maximum atomic E-state index is 9.59. The van der Waals surface area contributed by atoms with Crippen molar-refractivity contribution in [2.45, 2.75) is 50.3 Å². The van der Waals surface area contributed by atoms with Crippen LogP contribution in [0.4, 0.5) is 5.82 Å². The predicted molar refractivity (Wildman–Crippen MR) is 83.5 cm³/mol. The Morgan fingerprint density at radius 2 is 2.00 bits per heavy atom. The summed E-state index contributed by atoms with van der Waals surface area (Å²) < 4.78 is 6.00. The highest BCUT2D eigenvalue weighted by atomic mass is 32.2. The van der Waals surface area contributed by atoms with Gasteiger partial charge in [-0.3, -0.25) is 4.90 Å². The summed E-state index contributed by atoms with van der Waals surface area (Å²) in [6.07, 6.45) is 5.30. The average Bonchev–Trinajstić information content (AvgIpc) is 2.98. The summed E-state index contributed by atoms with van der Waals surface area (Å²) in [4.78, 5) is 5.90. The van der Waals surface area contributed by atoms with Crippen LogP contribution in [0.2, 0.25) is 0 Å². The molecule has 1 fully saturated rings. The second-order valence-electron chi connectivity index (χ2n) is 6.37. The molecule has 0 radical (unpaired) electrons. The molecule has 0 unspecified atom stereocenters. The van der Waals surface area contributed by atoms with Gasteiger partial charge < -0.3 is 4.74 Å². The Kier molecular flexibility index (Phi) is 3.85. The number of H-pyrrole nitrogens is 1. The molecule has 3 rings (SSSR count). The van der Waals surface area contributed by atoms with E-state index in [0.29, 0.717) is 6.61 Å². The highest BCUT2D eigenvalue weighted by Crippen LogP contribution is 2.36. The van der Waals surface area contributed by atoms with Crippen LogP contribution in [0.5, 0.6) is 0 Å². The van der Waals surface area contributed by atoms with E-state index in [1.807, 2.05) is 6.26 Å². The molecule has 1 N–H and O–H groups in total. The molecule has 0 aromatic carbocycles. The molecule has 0 atom stereocenters. The molecular formula is C16H22N3OS+. The third kappa shape index (κ3) is 2.63. The van der Waals surface area contributed by atoms with Gasteiger partial charge in [0.2, 0.25) is 0 Å². The fourth-order valence-electron chi connectivity index (χ4n) is 3.25. The molecule has 0 aliphatic carbocycles. The minimum atomic E-state index is -0.197. The first-order chi connectivity index (χ1) is 10.1. The van der Waals surface area contributed by atoms with Gasteiger partial charge in [-0.25, -0.2) is 4.98 Å². The highest BCUT2D eigenvalue weighted by molar-refractivity contribution is 7.98. The molecule has 4 nitrogen and oxygen atoms in total. The molecule has 112 valence electrons. The van der Waals surface area contributed by atoms with Crippen LogP contribution < -0.4 is 9.88 Å². The van der Waals surface area contributed by atoms with Crippen molar-refractivity contribution >= 4 is 17.6 Å². The van der Waals surface area contributed by atoms with E-state index in [9.17, 15) is 5.26 Å². The molecule has 0 saturated carbocycles. The summed E-state index contributed by atoms with van der Waals surface area (Å²) in [5.74, 6) is 1.17. The summed E-state index contributed by atoms with van der Waals surface area (Å²) in [6, 6.07) is 2.40. The molecule has 3 heterocycles. The van der Waals surface area contributed by atoms with E-state index in [0.717, 1.165) is 30.1 Å². The molecule has 2 aliphatic rings. The number of aromatic amines is 1. The minimum Gasteiger partial charge on any atom is -0.370 e. The summed E-state index contributed by atoms with van der Waals surface area (Å²) in [6.45, 7) is 6.97. The minimum absolute atomic E-state index is 0.197. The van der Waals surface area contributed by atoms with Gasteiger partial charge in [0.25, 0.3) is 5.82 Å². The van der Waals surface area contributed by atoms with Crippen molar-refractivity contribution in [2.24, 2.45) is 0 Å². The molecule has 2 aliphatic heterocycles. The summed E-state index contributed by atoms with van der Waals surface area (Å²) in [5, 5.41) is 10.6. The van der Waals surface area contributed by atoms with Crippen LogP contribution in [0, 0.1) is 11.3 Å². The number of fused-ring (bicyclic) bond motifs is 1. The zero-order valence-electron chi connectivity index (χ0n) is 13.0. The van der Waals surface area contributed by atoms with E-state index in [-0.39, 0.29) is 5.60 Å². The standard InChI is InChI=1S/C16H21N3OS/c1-16(2)8-11-12(9-17)15(21-3)18-14(13(11)10-20-16)19-6-4-5-7-19/h4-8,10H2,1-3H3/p+1. The Balaban J connectivity index is 2.17. The van der Waals surface area contributed by atoms with Crippen LogP contribution in [0.25, 0.3) is 0 Å². The van der Waals surface area contributed by atoms with Crippen LogP contribution in [-0.4, -0.2) is 24.9 Å². The van der Waals surface area contributed by atoms with Crippen molar-refractivity contribution in [1.29, 1.82) is 5.26 Å². The van der Waals surface area contributed by atoms with Crippen LogP contribution in [0.1, 0.15) is 43.4 Å². The van der Waals surface area contributed by atoms with Gasteiger partial charge >= 0.3 is 0 Å². The maximum absolute atomic E-state index is 9.59. The Hall–Kier alpha value is -1.25. The van der Waals surface area contributed by atoms with Gasteiger partial charge in [-0.15, -0.1) is 0 Å². The molecule has 5 heteroatoms. The predicted octanol–water partition coefficient (Wildman–Crippen LogP) is 2.55. The van der Waals surface area contributed by atoms with Crippen LogP contribution >= 0.6 is 11.8 Å². The number of rotatable bonds is 2. The number of nitriles is 1. The highest BCUT2D eigenvalue weighted by Gasteiger charge is 2.36. The lowest BCUT2D eigenvalue weighted by Crippen LogP contribution is -2.37. The van der Waals surface area contributed by atoms with Gasteiger partial charge in [-0.05, 0) is 38.5 Å². The first kappa shape index (κ1) is 14.7. The second kappa shape index (κ2) is 5.51. The normalized spacial score (nSPS) is 20.2. The largest absolute Gasteiger partial charge is 0.370 e. The third-order valence-corrected chi connectivity index (χ3v) is 5.07. The van der Waals surface area contributed by atoms with Crippen LogP contribution in [0.3, 0.4) is 0 Å². The molecular weight excluding hydrogens is 282 g/mol. The fourth-order valence-corrected chi connectivity index (χ4v) is 3.82. The average molecular weight is 304 g/mol. The number of ether oxygens (including phenoxy) is 1. The molecule has 0 amide bonds. The van der Waals surface area contributed by atoms with Crippen LogP contribution in [-0.2, 0) is 17.8 Å². The molecule has 0 spiro atoms. The monoisotopic (exact) mass is 304 g/mol. The fraction of sp³-hybridized carbons (Fsp3) is 0.625. The third-order valence-electron chi connectivity index (χ3n) is 4.36. The molecule has 0 bridgehead atoms. The molecule has 21 heavy (non-hydrogen) atoms. The van der Waals surface area contributed by atoms with Crippen molar-refractivity contribution < 1.29 is 9.72 Å². The van der Waals surface area contributed by atoms with Gasteiger partial charge in [0, 0.05) is 6.42 Å². The Labute approximate surface area is 130 Å². The summed E-state index contributed by atoms with van der Waals surface area (Å²) in [7, 11) is 0. The Bertz CT molecular complexity index is 601. The van der Waals surface area contributed by atoms with Gasteiger partial charge in [-0.1, -0.05) is 11.8 Å². The van der Waals surface area contributed by atoms with E-state index in [1.165, 1.54) is 29.8 Å². The molecule has 1 aromatic rings. The van der Waals surface area contributed by atoms with Gasteiger partial charge in [-0.2, -0.15) is 5.26 Å². The number of thioether (sulfide) groups is 1. The van der Waals surface area contributed by atoms with E-state index >= 15 is 0 Å². The number of aromatic nitrogens is 1. The van der Waals surface area contributed by atoms with Crippen molar-refractivity contribution in [3.8, 4) is 6.07 Å². The molecule has 1 saturated heterocycles. The molecule has 1 aromatic heterocycles. The van der Waals surface area contributed by atoms with Crippen LogP contribution in [0.15, 0.2) is 5.03 Å². The topological polar surface area (TPSA) is 50.4 Å². The Morgan fingerprint density at radius 3 is 2.62 bits per heavy atom. The van der Waals surface area contributed by atoms with E-state index in [1.54, 1.807) is 11.8 Å². The van der Waals surface area contributed by atoms with E-state index < -0.39 is 0 Å². The number of nitrogens with zero attached hydrogens (tertiary/aromatic N) is 2. The van der Waals surface area contributed by atoms with E-state index in [4.69, 9.17) is 4.74 Å². The van der Waals surface area contributed by atoms with Crippen molar-refractivity contribution in [1.82, 2.24) is 0 Å². The first-order valence-corrected chi connectivity index (χ1v) is 8.72. The quantitative estimate of drug-likeness (QED) is 0.788. The van der Waals surface area contributed by atoms with Gasteiger partial charge in [0.15, 0.2) is 5.03 Å². The zero-order valence-corrected chi connectivity index (χ0v) is 13.8. The van der Waals surface area contributed by atoms with Crippen molar-refractivity contribution in [2.75, 3.05) is 24.2 Å². The number of pyridine rings is 1. The maximum Gasteiger partial charge on any atom is 0.281 e. The number of nitrogens with one attached hydrogen (secondary N) is 1. The summed E-state index contributed by atoms with van der Waals surface area (Å²) >= 11 is 1.62.